The Morgan fingerprint density at radius 3 is 2.85 bits per heavy atom. The van der Waals surface area contributed by atoms with Gasteiger partial charge in [0.1, 0.15) is 5.75 Å². The summed E-state index contributed by atoms with van der Waals surface area (Å²) < 4.78 is 0. The average Bonchev–Trinajstić information content (AvgIpc) is 2.42. The lowest BCUT2D eigenvalue weighted by Crippen LogP contribution is -2.47. The number of aliphatic hydroxyl groups is 1. The van der Waals surface area contributed by atoms with E-state index in [1.54, 1.807) is 6.07 Å². The largest absolute Gasteiger partial charge is 0.508 e. The first-order valence-corrected chi connectivity index (χ1v) is 7.26. The van der Waals surface area contributed by atoms with Gasteiger partial charge in [0.2, 0.25) is 5.91 Å². The first-order valence-electron chi connectivity index (χ1n) is 6.89. The summed E-state index contributed by atoms with van der Waals surface area (Å²) in [4.78, 5) is 14.2. The molecular weight excluding hydrogens is 278 g/mol. The lowest BCUT2D eigenvalue weighted by atomic mass is 9.93. The van der Waals surface area contributed by atoms with Crippen molar-refractivity contribution in [1.82, 2.24) is 4.90 Å². The molecule has 0 bridgehead atoms. The minimum absolute atomic E-state index is 0.0169. The second-order valence-corrected chi connectivity index (χ2v) is 5.88. The van der Waals surface area contributed by atoms with Crippen LogP contribution in [0.5, 0.6) is 5.75 Å². The highest BCUT2D eigenvalue weighted by atomic mass is 35.5. The van der Waals surface area contributed by atoms with Crippen LogP contribution in [0.25, 0.3) is 0 Å². The topological polar surface area (TPSA) is 60.8 Å². The maximum Gasteiger partial charge on any atom is 0.227 e. The summed E-state index contributed by atoms with van der Waals surface area (Å²) >= 11 is 6.03. The van der Waals surface area contributed by atoms with Gasteiger partial charge in [-0.1, -0.05) is 17.7 Å². The number of benzene rings is 1. The molecule has 1 aromatic carbocycles. The van der Waals surface area contributed by atoms with Crippen LogP contribution in [0.4, 0.5) is 0 Å². The highest BCUT2D eigenvalue weighted by molar-refractivity contribution is 6.31. The van der Waals surface area contributed by atoms with Crippen molar-refractivity contribution >= 4 is 17.5 Å². The van der Waals surface area contributed by atoms with Crippen molar-refractivity contribution < 1.29 is 15.0 Å². The molecule has 1 aliphatic rings. The zero-order valence-electron chi connectivity index (χ0n) is 11.6. The molecule has 0 radical (unpaired) electrons. The van der Waals surface area contributed by atoms with Crippen LogP contribution in [0.3, 0.4) is 0 Å². The Labute approximate surface area is 124 Å². The van der Waals surface area contributed by atoms with E-state index < -0.39 is 0 Å². The Morgan fingerprint density at radius 2 is 2.20 bits per heavy atom. The molecule has 20 heavy (non-hydrogen) atoms. The Balaban J connectivity index is 2.06. The predicted molar refractivity (Wildman–Crippen MR) is 77.8 cm³/mol. The van der Waals surface area contributed by atoms with Gasteiger partial charge < -0.3 is 15.1 Å². The van der Waals surface area contributed by atoms with Crippen LogP contribution in [0.2, 0.25) is 5.02 Å². The van der Waals surface area contributed by atoms with E-state index in [-0.39, 0.29) is 36.6 Å². The summed E-state index contributed by atoms with van der Waals surface area (Å²) in [7, 11) is 0. The van der Waals surface area contributed by atoms with Crippen LogP contribution in [-0.2, 0) is 11.2 Å². The molecule has 1 amide bonds. The molecule has 1 heterocycles. The zero-order chi connectivity index (χ0) is 14.7. The molecule has 1 aromatic rings. The van der Waals surface area contributed by atoms with Crippen molar-refractivity contribution in [1.29, 1.82) is 0 Å². The third kappa shape index (κ3) is 3.44. The van der Waals surface area contributed by atoms with Gasteiger partial charge in [-0.15, -0.1) is 0 Å². The first-order chi connectivity index (χ1) is 9.51. The summed E-state index contributed by atoms with van der Waals surface area (Å²) in [5.41, 5.74) is 0.716. The number of carbonyl (C=O) groups is 1. The summed E-state index contributed by atoms with van der Waals surface area (Å²) in [6, 6.07) is 4.85. The van der Waals surface area contributed by atoms with Crippen molar-refractivity contribution in [2.45, 2.75) is 32.2 Å². The van der Waals surface area contributed by atoms with E-state index in [4.69, 9.17) is 11.6 Å². The van der Waals surface area contributed by atoms with Crippen LogP contribution >= 0.6 is 11.6 Å². The molecule has 110 valence electrons. The maximum atomic E-state index is 12.4. The Kier molecular flexibility index (Phi) is 4.89. The number of hydrogen-bond acceptors (Lipinski definition) is 3. The summed E-state index contributed by atoms with van der Waals surface area (Å²) in [6.45, 7) is 2.76. The number of aromatic hydroxyl groups is 1. The van der Waals surface area contributed by atoms with Crippen LogP contribution in [-0.4, -0.2) is 40.2 Å². The number of nitrogens with zero attached hydrogens (tertiary/aromatic N) is 1. The van der Waals surface area contributed by atoms with Gasteiger partial charge in [-0.2, -0.15) is 0 Å². The van der Waals surface area contributed by atoms with Gasteiger partial charge in [0.05, 0.1) is 6.42 Å². The normalized spacial score (nSPS) is 22.9. The van der Waals surface area contributed by atoms with Crippen molar-refractivity contribution in [3.63, 3.8) is 0 Å². The monoisotopic (exact) mass is 297 g/mol. The molecule has 2 unspecified atom stereocenters. The number of halogens is 1. The van der Waals surface area contributed by atoms with E-state index in [1.807, 2.05) is 11.8 Å². The van der Waals surface area contributed by atoms with Crippen molar-refractivity contribution in [2.24, 2.45) is 5.92 Å². The van der Waals surface area contributed by atoms with Gasteiger partial charge in [0.25, 0.3) is 0 Å². The molecule has 1 fully saturated rings. The highest BCUT2D eigenvalue weighted by Gasteiger charge is 2.28. The fraction of sp³-hybridized carbons (Fsp3) is 0.533. The molecule has 2 rings (SSSR count). The fourth-order valence-electron chi connectivity index (χ4n) is 2.62. The van der Waals surface area contributed by atoms with Crippen molar-refractivity contribution in [2.75, 3.05) is 13.2 Å². The molecule has 0 aliphatic carbocycles. The maximum absolute atomic E-state index is 12.4. The standard InChI is InChI=1S/C15H20ClNO3/c1-10-2-3-11(9-18)8-17(10)15(20)6-12-4-5-13(19)7-14(12)16/h4-5,7,10-11,18-19H,2-3,6,8-9H2,1H3. The molecule has 0 aromatic heterocycles. The van der Waals surface area contributed by atoms with E-state index in [2.05, 4.69) is 0 Å². The lowest BCUT2D eigenvalue weighted by Gasteiger charge is -2.37. The van der Waals surface area contributed by atoms with E-state index in [1.165, 1.54) is 12.1 Å². The Hall–Kier alpha value is -1.26. The summed E-state index contributed by atoms with van der Waals surface area (Å²) in [6.07, 6.45) is 2.10. The molecule has 5 heteroatoms. The number of piperidine rings is 1. The van der Waals surface area contributed by atoms with Crippen molar-refractivity contribution in [3.05, 3.63) is 28.8 Å². The fourth-order valence-corrected chi connectivity index (χ4v) is 2.86. The molecule has 0 spiro atoms. The number of phenols is 1. The second kappa shape index (κ2) is 6.46. The van der Waals surface area contributed by atoms with E-state index in [9.17, 15) is 15.0 Å². The highest BCUT2D eigenvalue weighted by Crippen LogP contribution is 2.25. The third-order valence-electron chi connectivity index (χ3n) is 3.94. The molecule has 1 saturated heterocycles. The van der Waals surface area contributed by atoms with Gasteiger partial charge >= 0.3 is 0 Å². The molecule has 0 saturated carbocycles. The molecular formula is C15H20ClNO3. The number of carbonyl (C=O) groups excluding carboxylic acids is 1. The SMILES string of the molecule is CC1CCC(CO)CN1C(=O)Cc1ccc(O)cc1Cl. The van der Waals surface area contributed by atoms with E-state index >= 15 is 0 Å². The van der Waals surface area contributed by atoms with Crippen LogP contribution in [0, 0.1) is 5.92 Å². The minimum atomic E-state index is 0.0169. The second-order valence-electron chi connectivity index (χ2n) is 5.47. The molecule has 2 atom stereocenters. The van der Waals surface area contributed by atoms with Crippen molar-refractivity contribution in [3.8, 4) is 5.75 Å². The van der Waals surface area contributed by atoms with Crippen LogP contribution in [0.1, 0.15) is 25.3 Å². The van der Waals surface area contributed by atoms with Gasteiger partial charge in [-0.25, -0.2) is 0 Å². The van der Waals surface area contributed by atoms with Crippen LogP contribution in [0.15, 0.2) is 18.2 Å². The zero-order valence-corrected chi connectivity index (χ0v) is 12.3. The van der Waals surface area contributed by atoms with Gasteiger partial charge in [-0.3, -0.25) is 4.79 Å². The summed E-state index contributed by atoms with van der Waals surface area (Å²) in [5.74, 6) is 0.284. The average molecular weight is 298 g/mol. The number of hydrogen-bond donors (Lipinski definition) is 2. The molecule has 4 nitrogen and oxygen atoms in total. The van der Waals surface area contributed by atoms with Gasteiger partial charge in [-0.05, 0) is 43.4 Å². The number of rotatable bonds is 3. The predicted octanol–water partition coefficient (Wildman–Crippen LogP) is 2.21. The Morgan fingerprint density at radius 1 is 1.45 bits per heavy atom. The first kappa shape index (κ1) is 15.1. The third-order valence-corrected chi connectivity index (χ3v) is 4.29. The lowest BCUT2D eigenvalue weighted by molar-refractivity contribution is -0.135. The minimum Gasteiger partial charge on any atom is -0.508 e. The number of phenolic OH excluding ortho intramolecular Hbond substituents is 1. The smallest absolute Gasteiger partial charge is 0.227 e. The van der Waals surface area contributed by atoms with E-state index in [0.29, 0.717) is 17.1 Å². The van der Waals surface area contributed by atoms with Gasteiger partial charge in [0, 0.05) is 24.2 Å². The molecule has 1 aliphatic heterocycles. The number of aliphatic hydroxyl groups excluding tert-OH is 1. The number of likely N-dealkylation sites (tertiary alicyclic amines) is 1. The van der Waals surface area contributed by atoms with Gasteiger partial charge in [0.15, 0.2) is 0 Å². The molecule has 2 N–H and O–H groups in total. The summed E-state index contributed by atoms with van der Waals surface area (Å²) in [5, 5.41) is 19.0. The van der Waals surface area contributed by atoms with E-state index in [0.717, 1.165) is 12.8 Å². The Bertz CT molecular complexity index is 492. The number of amides is 1. The van der Waals surface area contributed by atoms with Crippen LogP contribution < -0.4 is 0 Å². The quantitative estimate of drug-likeness (QED) is 0.899.